The van der Waals surface area contributed by atoms with Gasteiger partial charge in [-0.3, -0.25) is 4.98 Å². The van der Waals surface area contributed by atoms with Crippen LogP contribution < -0.4 is 4.72 Å². The van der Waals surface area contributed by atoms with Crippen LogP contribution in [-0.4, -0.2) is 34.2 Å². The Hall–Kier alpha value is -3.17. The summed E-state index contributed by atoms with van der Waals surface area (Å²) in [5, 5.41) is 8.59. The van der Waals surface area contributed by atoms with Crippen molar-refractivity contribution in [2.45, 2.75) is 42.7 Å². The number of aromatic nitrogens is 4. The highest BCUT2D eigenvalue weighted by atomic mass is 32.2. The second kappa shape index (κ2) is 8.40. The van der Waals surface area contributed by atoms with Crippen molar-refractivity contribution in [2.75, 3.05) is 0 Å². The minimum Gasteiger partial charge on any atom is -0.317 e. The molecule has 0 spiro atoms. The van der Waals surface area contributed by atoms with Crippen molar-refractivity contribution < 1.29 is 12.8 Å². The topological polar surface area (TPSA) is 89.8 Å². The molecule has 0 radical (unpaired) electrons. The maximum Gasteiger partial charge on any atom is 0.240 e. The van der Waals surface area contributed by atoms with E-state index in [0.29, 0.717) is 23.1 Å². The number of sulfonamides is 1. The summed E-state index contributed by atoms with van der Waals surface area (Å²) in [7, 11) is -3.91. The van der Waals surface area contributed by atoms with Crippen molar-refractivity contribution in [3.8, 4) is 11.1 Å². The van der Waals surface area contributed by atoms with Crippen LogP contribution in [0.5, 0.6) is 0 Å². The fourth-order valence-electron chi connectivity index (χ4n) is 4.44. The molecule has 7 nitrogen and oxygen atoms in total. The van der Waals surface area contributed by atoms with Crippen molar-refractivity contribution in [3.63, 3.8) is 0 Å². The predicted molar refractivity (Wildman–Crippen MR) is 119 cm³/mol. The van der Waals surface area contributed by atoms with E-state index in [4.69, 9.17) is 0 Å². The molecule has 1 aliphatic carbocycles. The van der Waals surface area contributed by atoms with Crippen molar-refractivity contribution in [3.05, 3.63) is 73.2 Å². The zero-order valence-electron chi connectivity index (χ0n) is 17.2. The maximum atomic E-state index is 14.5. The number of rotatable bonds is 5. The molecule has 2 aromatic heterocycles. The van der Waals surface area contributed by atoms with Crippen LogP contribution in [0.4, 0.5) is 4.39 Å². The second-order valence-corrected chi connectivity index (χ2v) is 9.82. The van der Waals surface area contributed by atoms with Crippen LogP contribution in [0.1, 0.15) is 31.7 Å². The Labute approximate surface area is 185 Å². The summed E-state index contributed by atoms with van der Waals surface area (Å²) in [5.74, 6) is -0.609. The maximum absolute atomic E-state index is 14.5. The first kappa shape index (κ1) is 20.7. The van der Waals surface area contributed by atoms with Crippen molar-refractivity contribution >= 4 is 20.9 Å². The third-order valence-electron chi connectivity index (χ3n) is 5.95. The van der Waals surface area contributed by atoms with Gasteiger partial charge in [-0.15, -0.1) is 10.2 Å². The van der Waals surface area contributed by atoms with E-state index in [1.54, 1.807) is 18.9 Å². The molecule has 2 heterocycles. The van der Waals surface area contributed by atoms with E-state index < -0.39 is 15.8 Å². The zero-order chi connectivity index (χ0) is 22.1. The van der Waals surface area contributed by atoms with Crippen molar-refractivity contribution in [1.82, 2.24) is 24.5 Å². The van der Waals surface area contributed by atoms with Gasteiger partial charge in [-0.1, -0.05) is 24.3 Å². The van der Waals surface area contributed by atoms with Gasteiger partial charge in [0.2, 0.25) is 10.0 Å². The van der Waals surface area contributed by atoms with E-state index in [1.807, 2.05) is 34.9 Å². The Kier molecular flexibility index (Phi) is 5.44. The van der Waals surface area contributed by atoms with Gasteiger partial charge >= 0.3 is 0 Å². The number of para-hydroxylation sites is 1. The Morgan fingerprint density at radius 3 is 2.69 bits per heavy atom. The van der Waals surface area contributed by atoms with Gasteiger partial charge in [-0.2, -0.15) is 0 Å². The smallest absolute Gasteiger partial charge is 0.240 e. The molecule has 2 aromatic carbocycles. The lowest BCUT2D eigenvalue weighted by Gasteiger charge is -2.30. The fourth-order valence-corrected chi connectivity index (χ4v) is 5.78. The molecule has 1 saturated carbocycles. The average Bonchev–Trinajstić information content (AvgIpc) is 3.33. The summed E-state index contributed by atoms with van der Waals surface area (Å²) in [6, 6.07) is 13.1. The summed E-state index contributed by atoms with van der Waals surface area (Å²) >= 11 is 0. The lowest BCUT2D eigenvalue weighted by Crippen LogP contribution is -2.38. The van der Waals surface area contributed by atoms with Crippen LogP contribution in [-0.2, 0) is 10.0 Å². The SMILES string of the molecule is O=S(=O)(NC1CCCC(n2cnnc2)C1)c1cc(F)cc(-c2cccc3cccnc23)c1. The first-order chi connectivity index (χ1) is 15.5. The second-order valence-electron chi connectivity index (χ2n) is 8.10. The van der Waals surface area contributed by atoms with Crippen LogP contribution in [0.25, 0.3) is 22.0 Å². The summed E-state index contributed by atoms with van der Waals surface area (Å²) in [4.78, 5) is 4.31. The molecule has 2 unspecified atom stereocenters. The predicted octanol–water partition coefficient (Wildman–Crippen LogP) is 4.09. The van der Waals surface area contributed by atoms with E-state index in [0.717, 1.165) is 30.7 Å². The van der Waals surface area contributed by atoms with Crippen molar-refractivity contribution in [1.29, 1.82) is 0 Å². The van der Waals surface area contributed by atoms with E-state index in [2.05, 4.69) is 19.9 Å². The molecular formula is C23H22FN5O2S. The number of hydrogen-bond donors (Lipinski definition) is 1. The molecule has 0 bridgehead atoms. The number of hydrogen-bond acceptors (Lipinski definition) is 5. The normalized spacial score (nSPS) is 19.3. The fraction of sp³-hybridized carbons (Fsp3) is 0.261. The Balaban J connectivity index is 1.45. The summed E-state index contributed by atoms with van der Waals surface area (Å²) in [6.45, 7) is 0. The van der Waals surface area contributed by atoms with E-state index >= 15 is 0 Å². The molecule has 1 N–H and O–H groups in total. The van der Waals surface area contributed by atoms with Gasteiger partial charge in [0.15, 0.2) is 0 Å². The van der Waals surface area contributed by atoms with E-state index in [9.17, 15) is 12.8 Å². The lowest BCUT2D eigenvalue weighted by molar-refractivity contribution is 0.305. The molecule has 164 valence electrons. The van der Waals surface area contributed by atoms with Crippen LogP contribution in [0.15, 0.2) is 72.3 Å². The van der Waals surface area contributed by atoms with E-state index in [1.165, 1.54) is 12.1 Å². The number of fused-ring (bicyclic) bond motifs is 1. The quantitative estimate of drug-likeness (QED) is 0.494. The minimum atomic E-state index is -3.91. The Morgan fingerprint density at radius 1 is 1.03 bits per heavy atom. The lowest BCUT2D eigenvalue weighted by atomic mass is 9.91. The molecule has 0 saturated heterocycles. The van der Waals surface area contributed by atoms with E-state index in [-0.39, 0.29) is 17.0 Å². The van der Waals surface area contributed by atoms with Gasteiger partial charge in [0.1, 0.15) is 18.5 Å². The Bertz CT molecular complexity index is 1350. The summed E-state index contributed by atoms with van der Waals surface area (Å²) < 4.78 is 45.6. The molecule has 0 aliphatic heterocycles. The third-order valence-corrected chi connectivity index (χ3v) is 7.45. The average molecular weight is 452 g/mol. The summed E-state index contributed by atoms with van der Waals surface area (Å²) in [6.07, 6.45) is 8.15. The summed E-state index contributed by atoms with van der Waals surface area (Å²) in [5.41, 5.74) is 1.85. The first-order valence-electron chi connectivity index (χ1n) is 10.5. The highest BCUT2D eigenvalue weighted by Crippen LogP contribution is 2.31. The third kappa shape index (κ3) is 4.13. The van der Waals surface area contributed by atoms with Crippen molar-refractivity contribution in [2.24, 2.45) is 0 Å². The molecule has 9 heteroatoms. The van der Waals surface area contributed by atoms with Crippen LogP contribution >= 0.6 is 0 Å². The molecule has 0 amide bonds. The number of benzene rings is 2. The number of nitrogens with one attached hydrogen (secondary N) is 1. The molecule has 1 aliphatic rings. The van der Waals surface area contributed by atoms with Gasteiger partial charge in [0, 0.05) is 29.2 Å². The van der Waals surface area contributed by atoms with Gasteiger partial charge < -0.3 is 4.57 Å². The highest BCUT2D eigenvalue weighted by molar-refractivity contribution is 7.89. The molecule has 4 aromatic rings. The molecular weight excluding hydrogens is 429 g/mol. The number of halogens is 1. The molecule has 5 rings (SSSR count). The molecule has 2 atom stereocenters. The molecule has 32 heavy (non-hydrogen) atoms. The van der Waals surface area contributed by atoms with Crippen LogP contribution in [0, 0.1) is 5.82 Å². The number of pyridine rings is 1. The number of nitrogens with zero attached hydrogens (tertiary/aromatic N) is 4. The molecule has 1 fully saturated rings. The Morgan fingerprint density at radius 2 is 1.84 bits per heavy atom. The first-order valence-corrected chi connectivity index (χ1v) is 12.0. The minimum absolute atomic E-state index is 0.0909. The van der Waals surface area contributed by atoms with Gasteiger partial charge in [-0.25, -0.2) is 17.5 Å². The van der Waals surface area contributed by atoms with Gasteiger partial charge in [0.05, 0.1) is 10.4 Å². The zero-order valence-corrected chi connectivity index (χ0v) is 18.0. The van der Waals surface area contributed by atoms with Gasteiger partial charge in [-0.05, 0) is 55.5 Å². The standard InChI is InChI=1S/C23H22FN5O2S/c24-18-10-17(22-8-1-4-16-5-3-9-25-23(16)22)11-21(12-18)32(30,31)28-19-6-2-7-20(13-19)29-14-26-27-15-29/h1,3-5,8-12,14-15,19-20,28H,2,6-7,13H2. The van der Waals surface area contributed by atoms with Crippen LogP contribution in [0.2, 0.25) is 0 Å². The van der Waals surface area contributed by atoms with Crippen LogP contribution in [0.3, 0.4) is 0 Å². The largest absolute Gasteiger partial charge is 0.317 e. The van der Waals surface area contributed by atoms with Gasteiger partial charge in [0.25, 0.3) is 0 Å². The monoisotopic (exact) mass is 451 g/mol. The highest BCUT2D eigenvalue weighted by Gasteiger charge is 2.28.